The van der Waals surface area contributed by atoms with Gasteiger partial charge in [0.1, 0.15) is 0 Å². The van der Waals surface area contributed by atoms with Crippen molar-refractivity contribution in [2.75, 3.05) is 11.0 Å². The van der Waals surface area contributed by atoms with Crippen LogP contribution in [0.3, 0.4) is 0 Å². The highest BCUT2D eigenvalue weighted by Crippen LogP contribution is 2.36. The minimum absolute atomic E-state index is 0.0399. The van der Waals surface area contributed by atoms with Crippen LogP contribution >= 0.6 is 22.6 Å². The zero-order valence-corrected chi connectivity index (χ0v) is 15.2. The Hall–Kier alpha value is -0.680. The van der Waals surface area contributed by atoms with Gasteiger partial charge in [-0.15, -0.1) is 0 Å². The molecule has 0 N–H and O–H groups in total. The number of rotatable bonds is 6. The van der Waals surface area contributed by atoms with Gasteiger partial charge in [0, 0.05) is 17.3 Å². The maximum absolute atomic E-state index is 9.61. The number of alkyl halides is 1. The van der Waals surface area contributed by atoms with Crippen LogP contribution < -0.4 is 0 Å². The largest absolute Gasteiger partial charge is 0.377 e. The van der Waals surface area contributed by atoms with Gasteiger partial charge in [0.05, 0.1) is 25.4 Å². The molecule has 1 aliphatic heterocycles. The fourth-order valence-corrected chi connectivity index (χ4v) is 3.20. The van der Waals surface area contributed by atoms with Gasteiger partial charge in [0.15, 0.2) is 11.4 Å². The molecule has 5 heteroatoms. The summed E-state index contributed by atoms with van der Waals surface area (Å²) in [5, 5.41) is 9.61. The normalized spacial score (nSPS) is 27.3. The van der Waals surface area contributed by atoms with Gasteiger partial charge in [-0.05, 0) is 19.4 Å². The van der Waals surface area contributed by atoms with Crippen LogP contribution in [0.1, 0.15) is 32.3 Å². The molecule has 2 atom stereocenters. The quantitative estimate of drug-likeness (QED) is 0.403. The van der Waals surface area contributed by atoms with Crippen LogP contribution in [0, 0.1) is 11.3 Å². The summed E-state index contributed by atoms with van der Waals surface area (Å²) < 4.78 is 18.3. The average Bonchev–Trinajstić information content (AvgIpc) is 2.51. The van der Waals surface area contributed by atoms with Crippen LogP contribution in [0.5, 0.6) is 0 Å². The molecule has 1 aliphatic rings. The molecule has 1 saturated heterocycles. The second kappa shape index (κ2) is 7.73. The Morgan fingerprint density at radius 3 is 2.73 bits per heavy atom. The van der Waals surface area contributed by atoms with E-state index in [1.54, 1.807) is 0 Å². The van der Waals surface area contributed by atoms with Crippen molar-refractivity contribution in [1.82, 2.24) is 0 Å². The van der Waals surface area contributed by atoms with Crippen molar-refractivity contribution in [3.8, 4) is 6.07 Å². The first-order valence-corrected chi connectivity index (χ1v) is 8.98. The molecule has 1 aromatic carbocycles. The summed E-state index contributed by atoms with van der Waals surface area (Å²) in [7, 11) is 0. The number of benzene rings is 1. The van der Waals surface area contributed by atoms with Gasteiger partial charge in [-0.25, -0.2) is 0 Å². The van der Waals surface area contributed by atoms with Gasteiger partial charge < -0.3 is 14.2 Å². The number of halogens is 1. The summed E-state index contributed by atoms with van der Waals surface area (Å²) in [4.78, 5) is 0. The van der Waals surface area contributed by atoms with Crippen LogP contribution in [-0.2, 0) is 20.8 Å². The SMILES string of the molecule is CC1(C)O[C@H](CI)C[C@@](C#N)(CCOCc2ccccc2)O1. The molecule has 4 nitrogen and oxygen atoms in total. The number of hydrogen-bond acceptors (Lipinski definition) is 4. The Labute approximate surface area is 145 Å². The molecule has 0 saturated carbocycles. The summed E-state index contributed by atoms with van der Waals surface area (Å²) >= 11 is 2.29. The lowest BCUT2D eigenvalue weighted by atomic mass is 9.92. The van der Waals surface area contributed by atoms with Crippen molar-refractivity contribution < 1.29 is 14.2 Å². The Kier molecular flexibility index (Phi) is 6.21. The maximum atomic E-state index is 9.61. The third-order valence-corrected chi connectivity index (χ3v) is 4.57. The van der Waals surface area contributed by atoms with E-state index in [0.29, 0.717) is 26.1 Å². The number of hydrogen-bond donors (Lipinski definition) is 0. The van der Waals surface area contributed by atoms with E-state index in [1.807, 2.05) is 44.2 Å². The molecule has 1 aromatic rings. The van der Waals surface area contributed by atoms with Crippen LogP contribution in [0.2, 0.25) is 0 Å². The average molecular weight is 415 g/mol. The molecule has 0 aromatic heterocycles. The fourth-order valence-electron chi connectivity index (χ4n) is 2.71. The molecule has 0 bridgehead atoms. The van der Waals surface area contributed by atoms with Gasteiger partial charge in [-0.2, -0.15) is 5.26 Å². The molecule has 120 valence electrons. The summed E-state index contributed by atoms with van der Waals surface area (Å²) in [6, 6.07) is 12.4. The van der Waals surface area contributed by atoms with Gasteiger partial charge in [0.2, 0.25) is 0 Å². The van der Waals surface area contributed by atoms with Crippen LogP contribution in [0.25, 0.3) is 0 Å². The third-order valence-electron chi connectivity index (χ3n) is 3.59. The highest BCUT2D eigenvalue weighted by atomic mass is 127. The highest BCUT2D eigenvalue weighted by molar-refractivity contribution is 14.1. The zero-order chi connectivity index (χ0) is 16.1. The third kappa shape index (κ3) is 4.92. The Balaban J connectivity index is 1.89. The maximum Gasteiger partial charge on any atom is 0.165 e. The molecule has 1 heterocycles. The van der Waals surface area contributed by atoms with Crippen molar-refractivity contribution in [3.05, 3.63) is 35.9 Å². The van der Waals surface area contributed by atoms with E-state index in [9.17, 15) is 5.26 Å². The lowest BCUT2D eigenvalue weighted by Crippen LogP contribution is -2.52. The standard InChI is InChI=1S/C17H22INO3/c1-16(2)21-15(11-18)10-17(13-19,22-16)8-9-20-12-14-6-4-3-5-7-14/h3-7,15H,8-12H2,1-2H3/t15-,17+/m0/s1. The summed E-state index contributed by atoms with van der Waals surface area (Å²) in [5.74, 6) is -0.733. The number of nitrogens with zero attached hydrogens (tertiary/aromatic N) is 1. The summed E-state index contributed by atoms with van der Waals surface area (Å²) in [6.07, 6.45) is 1.18. The first-order valence-electron chi connectivity index (χ1n) is 7.45. The van der Waals surface area contributed by atoms with E-state index >= 15 is 0 Å². The molecular weight excluding hydrogens is 393 g/mol. The van der Waals surface area contributed by atoms with Crippen LogP contribution in [0.15, 0.2) is 30.3 Å². The van der Waals surface area contributed by atoms with E-state index in [4.69, 9.17) is 14.2 Å². The highest BCUT2D eigenvalue weighted by Gasteiger charge is 2.45. The first-order chi connectivity index (χ1) is 10.5. The van der Waals surface area contributed by atoms with E-state index < -0.39 is 11.4 Å². The van der Waals surface area contributed by atoms with Crippen molar-refractivity contribution in [3.63, 3.8) is 0 Å². The topological polar surface area (TPSA) is 51.5 Å². The van der Waals surface area contributed by atoms with Crippen molar-refractivity contribution in [2.45, 2.75) is 50.8 Å². The molecule has 0 aliphatic carbocycles. The van der Waals surface area contributed by atoms with Crippen molar-refractivity contribution >= 4 is 22.6 Å². The lowest BCUT2D eigenvalue weighted by molar-refractivity contribution is -0.317. The predicted octanol–water partition coefficient (Wildman–Crippen LogP) is 3.83. The van der Waals surface area contributed by atoms with Crippen LogP contribution in [-0.4, -0.2) is 28.5 Å². The number of ether oxygens (including phenoxy) is 3. The minimum atomic E-state index is -0.825. The summed E-state index contributed by atoms with van der Waals surface area (Å²) in [5.41, 5.74) is 0.306. The molecule has 0 unspecified atom stereocenters. The second-order valence-corrected chi connectivity index (χ2v) is 6.88. The van der Waals surface area contributed by atoms with E-state index in [0.717, 1.165) is 9.99 Å². The molecule has 22 heavy (non-hydrogen) atoms. The minimum Gasteiger partial charge on any atom is -0.377 e. The lowest BCUT2D eigenvalue weighted by Gasteiger charge is -2.44. The van der Waals surface area contributed by atoms with E-state index in [1.165, 1.54) is 0 Å². The Bertz CT molecular complexity index is 514. The summed E-state index contributed by atoms with van der Waals surface area (Å²) in [6.45, 7) is 4.77. The Morgan fingerprint density at radius 1 is 1.36 bits per heavy atom. The predicted molar refractivity (Wildman–Crippen MR) is 92.6 cm³/mol. The second-order valence-electron chi connectivity index (χ2n) is 5.99. The monoisotopic (exact) mass is 415 g/mol. The van der Waals surface area contributed by atoms with Gasteiger partial charge in [0.25, 0.3) is 0 Å². The molecule has 1 fully saturated rings. The number of nitriles is 1. The van der Waals surface area contributed by atoms with Crippen LogP contribution in [0.4, 0.5) is 0 Å². The van der Waals surface area contributed by atoms with Gasteiger partial charge in [-0.1, -0.05) is 52.9 Å². The first kappa shape index (κ1) is 17.7. The smallest absolute Gasteiger partial charge is 0.165 e. The molecule has 0 spiro atoms. The van der Waals surface area contributed by atoms with E-state index in [2.05, 4.69) is 28.7 Å². The zero-order valence-electron chi connectivity index (χ0n) is 13.0. The van der Waals surface area contributed by atoms with E-state index in [-0.39, 0.29) is 6.10 Å². The Morgan fingerprint density at radius 2 is 2.09 bits per heavy atom. The molecule has 0 radical (unpaired) electrons. The molecule has 0 amide bonds. The van der Waals surface area contributed by atoms with Crippen molar-refractivity contribution in [2.24, 2.45) is 0 Å². The molecular formula is C17H22INO3. The van der Waals surface area contributed by atoms with Gasteiger partial charge in [-0.3, -0.25) is 0 Å². The van der Waals surface area contributed by atoms with Crippen molar-refractivity contribution in [1.29, 1.82) is 5.26 Å². The van der Waals surface area contributed by atoms with Gasteiger partial charge >= 0.3 is 0 Å². The fraction of sp³-hybridized carbons (Fsp3) is 0.588. The molecule has 2 rings (SSSR count).